The highest BCUT2D eigenvalue weighted by Crippen LogP contribution is 2.44. The fourth-order valence-corrected chi connectivity index (χ4v) is 4.63. The number of para-hydroxylation sites is 1. The largest absolute Gasteiger partial charge is 0.489 e. The first-order chi connectivity index (χ1) is 19.0. The summed E-state index contributed by atoms with van der Waals surface area (Å²) in [6.45, 7) is 4.94. The van der Waals surface area contributed by atoms with Gasteiger partial charge in [-0.1, -0.05) is 18.2 Å². The lowest BCUT2D eigenvalue weighted by molar-refractivity contribution is 0.247. The van der Waals surface area contributed by atoms with Gasteiger partial charge in [0.2, 0.25) is 0 Å². The molecule has 0 unspecified atom stereocenters. The van der Waals surface area contributed by atoms with Crippen molar-refractivity contribution in [2.24, 2.45) is 4.99 Å². The molecular formula is C26H30N8O4S. The molecule has 2 aliphatic heterocycles. The number of carbonyl (C=O) groups is 1. The van der Waals surface area contributed by atoms with Crippen LogP contribution in [0.4, 0.5) is 22.0 Å². The van der Waals surface area contributed by atoms with Gasteiger partial charge in [-0.05, 0) is 36.2 Å². The molecule has 5 rings (SSSR count). The van der Waals surface area contributed by atoms with Crippen LogP contribution in [-0.2, 0) is 12.3 Å². The fourth-order valence-electron chi connectivity index (χ4n) is 4.21. The molecule has 0 saturated heterocycles. The van der Waals surface area contributed by atoms with E-state index >= 15 is 0 Å². The third-order valence-electron chi connectivity index (χ3n) is 6.19. The fraction of sp³-hybridized carbons (Fsp3) is 0.308. The number of anilines is 3. The molecule has 3 heterocycles. The number of aromatic nitrogens is 2. The van der Waals surface area contributed by atoms with Crippen molar-refractivity contribution in [2.45, 2.75) is 19.2 Å². The van der Waals surface area contributed by atoms with Crippen LogP contribution >= 0.6 is 12.6 Å². The van der Waals surface area contributed by atoms with Crippen LogP contribution in [-0.4, -0.2) is 54.3 Å². The minimum Gasteiger partial charge on any atom is -0.489 e. The molecule has 2 aromatic carbocycles. The van der Waals surface area contributed by atoms with Crippen LogP contribution in [0.5, 0.6) is 17.2 Å². The van der Waals surface area contributed by atoms with Gasteiger partial charge < -0.3 is 36.1 Å². The van der Waals surface area contributed by atoms with Crippen molar-refractivity contribution in [3.63, 3.8) is 0 Å². The number of nitrogens with one attached hydrogen (secondary N) is 5. The maximum absolute atomic E-state index is 12.6. The summed E-state index contributed by atoms with van der Waals surface area (Å²) in [7, 11) is 0. The number of urea groups is 1. The lowest BCUT2D eigenvalue weighted by Crippen LogP contribution is -2.37. The molecule has 0 aliphatic carbocycles. The van der Waals surface area contributed by atoms with Crippen LogP contribution in [0.3, 0.4) is 0 Å². The van der Waals surface area contributed by atoms with Crippen LogP contribution in [0.2, 0.25) is 0 Å². The van der Waals surface area contributed by atoms with Gasteiger partial charge in [0.25, 0.3) is 0 Å². The number of rotatable bonds is 9. The molecule has 0 bridgehead atoms. The number of hydrogen-bond donors (Lipinski definition) is 6. The van der Waals surface area contributed by atoms with Crippen molar-refractivity contribution in [2.75, 3.05) is 43.4 Å². The number of carbonyl (C=O) groups excluding carboxylic acids is 1. The normalized spacial score (nSPS) is 13.1. The van der Waals surface area contributed by atoms with E-state index in [0.717, 1.165) is 35.9 Å². The van der Waals surface area contributed by atoms with Crippen LogP contribution in [0.1, 0.15) is 11.1 Å². The number of guanidine groups is 1. The van der Waals surface area contributed by atoms with E-state index in [2.05, 4.69) is 49.2 Å². The smallest absolute Gasteiger partial charge is 0.349 e. The van der Waals surface area contributed by atoms with Gasteiger partial charge in [-0.25, -0.2) is 9.59 Å². The number of ether oxygens (including phenoxy) is 2. The molecule has 0 atom stereocenters. The first kappa shape index (κ1) is 26.2. The predicted molar refractivity (Wildman–Crippen MR) is 153 cm³/mol. The van der Waals surface area contributed by atoms with Gasteiger partial charge in [-0.15, -0.1) is 0 Å². The van der Waals surface area contributed by atoms with Crippen molar-refractivity contribution in [1.82, 2.24) is 25.5 Å². The highest BCUT2D eigenvalue weighted by atomic mass is 32.1. The first-order valence-electron chi connectivity index (χ1n) is 12.6. The number of aryl methyl sites for hydroxylation is 1. The summed E-state index contributed by atoms with van der Waals surface area (Å²) in [5.41, 5.74) is 2.92. The number of hydrogen-bond acceptors (Lipinski definition) is 10. The second-order valence-corrected chi connectivity index (χ2v) is 9.17. The molecule has 204 valence electrons. The zero-order valence-corrected chi connectivity index (χ0v) is 22.3. The molecule has 2 amide bonds. The zero-order chi connectivity index (χ0) is 27.2. The number of benzene rings is 2. The number of nitrogens with zero attached hydrogens (tertiary/aromatic N) is 3. The minimum atomic E-state index is -0.403. The molecular weight excluding hydrogens is 520 g/mol. The van der Waals surface area contributed by atoms with E-state index in [4.69, 9.17) is 9.47 Å². The first-order valence-corrected chi connectivity index (χ1v) is 13.2. The molecule has 3 aromatic rings. The van der Waals surface area contributed by atoms with E-state index in [9.17, 15) is 9.59 Å². The topological polar surface area (TPSA) is 143 Å². The summed E-state index contributed by atoms with van der Waals surface area (Å²) < 4.78 is 13.4. The monoisotopic (exact) mass is 550 g/mol. The summed E-state index contributed by atoms with van der Waals surface area (Å²) in [5, 5.41) is 15.1. The molecule has 12 nitrogen and oxygen atoms in total. The van der Waals surface area contributed by atoms with Crippen molar-refractivity contribution in [1.29, 1.82) is 0 Å². The molecule has 39 heavy (non-hydrogen) atoms. The SMILES string of the molecule is Cc1cccc(NC(=O)NCCOc2cccc3c2Nc2nc(=O)n(CCNC4=NCCN4)cc2O3)c1CS. The van der Waals surface area contributed by atoms with Crippen LogP contribution in [0.15, 0.2) is 52.4 Å². The van der Waals surface area contributed by atoms with Crippen molar-refractivity contribution >= 4 is 41.8 Å². The lowest BCUT2D eigenvalue weighted by atomic mass is 10.1. The molecule has 2 aliphatic rings. The lowest BCUT2D eigenvalue weighted by Gasteiger charge is -2.23. The molecule has 0 radical (unpaired) electrons. The van der Waals surface area contributed by atoms with Crippen molar-refractivity contribution in [3.05, 3.63) is 64.2 Å². The Bertz CT molecular complexity index is 1460. The van der Waals surface area contributed by atoms with Gasteiger partial charge in [-0.2, -0.15) is 17.6 Å². The predicted octanol–water partition coefficient (Wildman–Crippen LogP) is 2.58. The van der Waals surface area contributed by atoms with E-state index in [-0.39, 0.29) is 19.2 Å². The van der Waals surface area contributed by atoms with Gasteiger partial charge in [-0.3, -0.25) is 9.56 Å². The molecule has 1 aromatic heterocycles. The van der Waals surface area contributed by atoms with E-state index in [1.165, 1.54) is 4.57 Å². The standard InChI is InChI=1S/C26H30N8O4S/c1-16-4-2-5-18(17(16)15-39)31-25(35)30-11-13-37-19-6-3-7-20-22(19)32-23-21(38-20)14-34(26(36)33-23)12-10-29-24-27-8-9-28-24/h2-7,14,39H,8-13,15H2,1H3,(H2,27,28,29)(H2,30,31,35)(H,32,33,36). The molecule has 0 saturated carbocycles. The number of thiol groups is 1. The maximum Gasteiger partial charge on any atom is 0.349 e. The van der Waals surface area contributed by atoms with Crippen LogP contribution < -0.4 is 41.7 Å². The average Bonchev–Trinajstić information content (AvgIpc) is 3.44. The number of aliphatic imine (C=N–C) groups is 1. The summed E-state index contributed by atoms with van der Waals surface area (Å²) in [6, 6.07) is 10.8. The van der Waals surface area contributed by atoms with Gasteiger partial charge in [0.05, 0.1) is 19.3 Å². The van der Waals surface area contributed by atoms with Gasteiger partial charge in [0.15, 0.2) is 23.3 Å². The van der Waals surface area contributed by atoms with Crippen LogP contribution in [0.25, 0.3) is 0 Å². The van der Waals surface area contributed by atoms with Crippen molar-refractivity contribution < 1.29 is 14.3 Å². The van der Waals surface area contributed by atoms with E-state index in [1.54, 1.807) is 24.4 Å². The highest BCUT2D eigenvalue weighted by molar-refractivity contribution is 7.79. The second kappa shape index (κ2) is 12.0. The quantitative estimate of drug-likeness (QED) is 0.138. The zero-order valence-electron chi connectivity index (χ0n) is 21.4. The Labute approximate surface area is 230 Å². The Hall–Kier alpha value is -4.39. The summed E-state index contributed by atoms with van der Waals surface area (Å²) in [4.78, 5) is 33.4. The Kier molecular flexibility index (Phi) is 8.06. The average molecular weight is 551 g/mol. The summed E-state index contributed by atoms with van der Waals surface area (Å²) in [6.07, 6.45) is 1.63. The molecule has 13 heteroatoms. The van der Waals surface area contributed by atoms with E-state index < -0.39 is 5.69 Å². The molecule has 0 spiro atoms. The van der Waals surface area contributed by atoms with Gasteiger partial charge in [0.1, 0.15) is 18.0 Å². The van der Waals surface area contributed by atoms with E-state index in [1.807, 2.05) is 25.1 Å². The maximum atomic E-state index is 12.6. The van der Waals surface area contributed by atoms with Crippen molar-refractivity contribution in [3.8, 4) is 17.2 Å². The van der Waals surface area contributed by atoms with Gasteiger partial charge >= 0.3 is 11.7 Å². The number of fused-ring (bicyclic) bond motifs is 2. The van der Waals surface area contributed by atoms with E-state index in [0.29, 0.717) is 47.6 Å². The summed E-state index contributed by atoms with van der Waals surface area (Å²) >= 11 is 4.36. The Morgan fingerprint density at radius 3 is 2.90 bits per heavy atom. The van der Waals surface area contributed by atoms with Crippen LogP contribution in [0, 0.1) is 6.92 Å². The Morgan fingerprint density at radius 2 is 2.08 bits per heavy atom. The molecule has 5 N–H and O–H groups in total. The minimum absolute atomic E-state index is 0.216. The van der Waals surface area contributed by atoms with Gasteiger partial charge in [0, 0.05) is 31.1 Å². The third-order valence-corrected chi connectivity index (χ3v) is 6.51. The second-order valence-electron chi connectivity index (χ2n) is 8.86. The third kappa shape index (κ3) is 6.20. The molecule has 0 fully saturated rings. The number of amides is 2. The Morgan fingerprint density at radius 1 is 1.21 bits per heavy atom. The summed E-state index contributed by atoms with van der Waals surface area (Å²) in [5.74, 6) is 3.06. The Balaban J connectivity index is 1.16. The highest BCUT2D eigenvalue weighted by Gasteiger charge is 2.23.